The number of nitrogens with zero attached hydrogens (tertiary/aromatic N) is 1. The average Bonchev–Trinajstić information content (AvgIpc) is 2.62. The van der Waals surface area contributed by atoms with Gasteiger partial charge in [-0.05, 0) is 50.3 Å². The van der Waals surface area contributed by atoms with E-state index < -0.39 is 16.0 Å². The standard InChI is InChI=1S/C18H26N2O4S/c21-18(22)16-13-15(9-10-17(16)20-11-5-2-6-12-20)25(23,24)19-14-7-3-1-4-8-14/h9-10,13-14,19H,1-8,11-12H2,(H,21,22). The molecule has 2 N–H and O–H groups in total. The summed E-state index contributed by atoms with van der Waals surface area (Å²) in [7, 11) is -3.70. The smallest absolute Gasteiger partial charge is 0.337 e. The summed E-state index contributed by atoms with van der Waals surface area (Å²) in [6.45, 7) is 1.62. The monoisotopic (exact) mass is 366 g/mol. The number of nitrogens with one attached hydrogen (secondary N) is 1. The molecule has 1 aromatic rings. The van der Waals surface area contributed by atoms with E-state index in [4.69, 9.17) is 0 Å². The normalized spacial score (nSPS) is 19.8. The fourth-order valence-electron chi connectivity index (χ4n) is 3.77. The molecule has 1 saturated carbocycles. The molecule has 0 radical (unpaired) electrons. The Morgan fingerprint density at radius 1 is 1.04 bits per heavy atom. The number of carbonyl (C=O) groups is 1. The average molecular weight is 366 g/mol. The second-order valence-electron chi connectivity index (χ2n) is 6.99. The van der Waals surface area contributed by atoms with Crippen LogP contribution in [0.1, 0.15) is 61.7 Å². The molecular weight excluding hydrogens is 340 g/mol. The summed E-state index contributed by atoms with van der Waals surface area (Å²) in [5.41, 5.74) is 0.678. The highest BCUT2D eigenvalue weighted by Crippen LogP contribution is 2.28. The van der Waals surface area contributed by atoms with Crippen LogP contribution < -0.4 is 9.62 Å². The summed E-state index contributed by atoms with van der Waals surface area (Å²) in [5, 5.41) is 9.57. The lowest BCUT2D eigenvalue weighted by Crippen LogP contribution is -2.36. The van der Waals surface area contributed by atoms with Crippen molar-refractivity contribution < 1.29 is 18.3 Å². The molecule has 0 unspecified atom stereocenters. The van der Waals surface area contributed by atoms with E-state index >= 15 is 0 Å². The van der Waals surface area contributed by atoms with Crippen molar-refractivity contribution in [3.63, 3.8) is 0 Å². The first-order valence-corrected chi connectivity index (χ1v) is 10.6. The van der Waals surface area contributed by atoms with Crippen LogP contribution in [0.15, 0.2) is 23.1 Å². The number of hydrogen-bond donors (Lipinski definition) is 2. The lowest BCUT2D eigenvalue weighted by Gasteiger charge is -2.30. The summed E-state index contributed by atoms with van der Waals surface area (Å²) in [5.74, 6) is -1.09. The van der Waals surface area contributed by atoms with E-state index in [1.54, 1.807) is 6.07 Å². The minimum atomic E-state index is -3.70. The van der Waals surface area contributed by atoms with E-state index in [0.29, 0.717) is 5.69 Å². The zero-order chi connectivity index (χ0) is 17.9. The topological polar surface area (TPSA) is 86.7 Å². The van der Waals surface area contributed by atoms with Gasteiger partial charge in [0.2, 0.25) is 10.0 Å². The zero-order valence-electron chi connectivity index (χ0n) is 14.4. The quantitative estimate of drug-likeness (QED) is 0.836. The van der Waals surface area contributed by atoms with Gasteiger partial charge < -0.3 is 10.0 Å². The van der Waals surface area contributed by atoms with Crippen molar-refractivity contribution in [2.45, 2.75) is 62.3 Å². The minimum Gasteiger partial charge on any atom is -0.478 e. The molecule has 0 atom stereocenters. The first-order valence-electron chi connectivity index (χ1n) is 9.12. The van der Waals surface area contributed by atoms with Crippen LogP contribution in [0.4, 0.5) is 5.69 Å². The molecule has 0 bridgehead atoms. The number of benzene rings is 1. The van der Waals surface area contributed by atoms with E-state index in [0.717, 1.165) is 64.5 Å². The van der Waals surface area contributed by atoms with Crippen molar-refractivity contribution in [2.24, 2.45) is 0 Å². The number of rotatable bonds is 5. The van der Waals surface area contributed by atoms with E-state index in [2.05, 4.69) is 4.72 Å². The van der Waals surface area contributed by atoms with Gasteiger partial charge in [0, 0.05) is 19.1 Å². The molecule has 0 aromatic heterocycles. The van der Waals surface area contributed by atoms with Crippen LogP contribution in [0.3, 0.4) is 0 Å². The molecule has 1 aliphatic carbocycles. The van der Waals surface area contributed by atoms with E-state index in [1.807, 2.05) is 4.90 Å². The molecule has 0 amide bonds. The minimum absolute atomic E-state index is 0.0382. The maximum atomic E-state index is 12.6. The Kier molecular flexibility index (Phi) is 5.64. The van der Waals surface area contributed by atoms with Gasteiger partial charge in [0.15, 0.2) is 0 Å². The van der Waals surface area contributed by atoms with Crippen molar-refractivity contribution in [1.29, 1.82) is 0 Å². The molecule has 0 spiro atoms. The van der Waals surface area contributed by atoms with Gasteiger partial charge in [0.05, 0.1) is 16.1 Å². The third kappa shape index (κ3) is 4.33. The molecule has 7 heteroatoms. The Labute approximate surface area is 149 Å². The first-order chi connectivity index (χ1) is 12.0. The summed E-state index contributed by atoms with van der Waals surface area (Å²) in [6, 6.07) is 4.43. The van der Waals surface area contributed by atoms with Crippen molar-refractivity contribution in [3.05, 3.63) is 23.8 Å². The van der Waals surface area contributed by atoms with Gasteiger partial charge in [-0.25, -0.2) is 17.9 Å². The number of hydrogen-bond acceptors (Lipinski definition) is 4. The summed E-state index contributed by atoms with van der Waals surface area (Å²) in [6.07, 6.45) is 8.10. The lowest BCUT2D eigenvalue weighted by atomic mass is 9.96. The molecule has 1 aromatic carbocycles. The van der Waals surface area contributed by atoms with Crippen LogP contribution in [-0.4, -0.2) is 38.6 Å². The lowest BCUT2D eigenvalue weighted by molar-refractivity contribution is 0.0697. The van der Waals surface area contributed by atoms with Crippen LogP contribution in [0.2, 0.25) is 0 Å². The molecule has 25 heavy (non-hydrogen) atoms. The molecule has 3 rings (SSSR count). The summed E-state index contributed by atoms with van der Waals surface area (Å²) >= 11 is 0. The van der Waals surface area contributed by atoms with Crippen molar-refractivity contribution in [1.82, 2.24) is 4.72 Å². The second-order valence-corrected chi connectivity index (χ2v) is 8.70. The van der Waals surface area contributed by atoms with Gasteiger partial charge >= 0.3 is 5.97 Å². The number of aromatic carboxylic acids is 1. The number of sulfonamides is 1. The Bertz CT molecular complexity index is 721. The fraction of sp³-hybridized carbons (Fsp3) is 0.611. The van der Waals surface area contributed by atoms with Crippen molar-refractivity contribution in [2.75, 3.05) is 18.0 Å². The van der Waals surface area contributed by atoms with Crippen LogP contribution in [-0.2, 0) is 10.0 Å². The molecule has 2 fully saturated rings. The fourth-order valence-corrected chi connectivity index (χ4v) is 5.10. The summed E-state index contributed by atoms with van der Waals surface area (Å²) in [4.78, 5) is 13.8. The van der Waals surface area contributed by atoms with E-state index in [1.165, 1.54) is 12.1 Å². The number of carboxylic acid groups (broad SMARTS) is 1. The van der Waals surface area contributed by atoms with Gasteiger partial charge in [0.1, 0.15) is 0 Å². The third-order valence-corrected chi connectivity index (χ3v) is 6.65. The van der Waals surface area contributed by atoms with E-state index in [-0.39, 0.29) is 16.5 Å². The molecule has 1 saturated heterocycles. The summed E-state index contributed by atoms with van der Waals surface area (Å²) < 4.78 is 28.0. The highest BCUT2D eigenvalue weighted by Gasteiger charge is 2.25. The largest absolute Gasteiger partial charge is 0.478 e. The highest BCUT2D eigenvalue weighted by atomic mass is 32.2. The number of piperidine rings is 1. The Hall–Kier alpha value is -1.60. The highest BCUT2D eigenvalue weighted by molar-refractivity contribution is 7.89. The molecule has 138 valence electrons. The Morgan fingerprint density at radius 3 is 2.32 bits per heavy atom. The molecule has 6 nitrogen and oxygen atoms in total. The van der Waals surface area contributed by atoms with Gasteiger partial charge in [-0.3, -0.25) is 0 Å². The first kappa shape index (κ1) is 18.2. The Morgan fingerprint density at radius 2 is 1.68 bits per heavy atom. The molecule has 1 aliphatic heterocycles. The predicted molar refractivity (Wildman–Crippen MR) is 96.7 cm³/mol. The zero-order valence-corrected chi connectivity index (χ0v) is 15.2. The van der Waals surface area contributed by atoms with Crippen molar-refractivity contribution >= 4 is 21.7 Å². The maximum absolute atomic E-state index is 12.6. The Balaban J connectivity index is 1.86. The van der Waals surface area contributed by atoms with Crippen LogP contribution >= 0.6 is 0 Å². The molecule has 1 heterocycles. The SMILES string of the molecule is O=C(O)c1cc(S(=O)(=O)NC2CCCCC2)ccc1N1CCCCC1. The van der Waals surface area contributed by atoms with E-state index in [9.17, 15) is 18.3 Å². The van der Waals surface area contributed by atoms with Crippen LogP contribution in [0.5, 0.6) is 0 Å². The second kappa shape index (κ2) is 7.74. The van der Waals surface area contributed by atoms with Crippen molar-refractivity contribution in [3.8, 4) is 0 Å². The predicted octanol–water partition coefficient (Wildman–Crippen LogP) is 2.99. The van der Waals surface area contributed by atoms with Gasteiger partial charge in [-0.2, -0.15) is 0 Å². The number of carboxylic acids is 1. The third-order valence-electron chi connectivity index (χ3n) is 5.13. The van der Waals surface area contributed by atoms with Gasteiger partial charge in [-0.15, -0.1) is 0 Å². The molecular formula is C18H26N2O4S. The van der Waals surface area contributed by atoms with Crippen LogP contribution in [0.25, 0.3) is 0 Å². The number of anilines is 1. The maximum Gasteiger partial charge on any atom is 0.337 e. The van der Waals surface area contributed by atoms with Gasteiger partial charge in [0.25, 0.3) is 0 Å². The van der Waals surface area contributed by atoms with Crippen LogP contribution in [0, 0.1) is 0 Å². The molecule has 2 aliphatic rings. The van der Waals surface area contributed by atoms with Gasteiger partial charge in [-0.1, -0.05) is 19.3 Å².